The number of piperidine rings is 1. The fourth-order valence-electron chi connectivity index (χ4n) is 2.95. The van der Waals surface area contributed by atoms with Gasteiger partial charge in [-0.1, -0.05) is 18.2 Å². The SMILES string of the molecule is Cc1ccccc1OCCN1CCC[C@](O)(c2cn[nH]n2)C1. The summed E-state index contributed by atoms with van der Waals surface area (Å²) in [5, 5.41) is 21.2. The molecule has 0 unspecified atom stereocenters. The molecule has 0 saturated carbocycles. The van der Waals surface area contributed by atoms with Crippen LogP contribution in [0.4, 0.5) is 0 Å². The van der Waals surface area contributed by atoms with Crippen molar-refractivity contribution >= 4 is 0 Å². The molecule has 0 spiro atoms. The summed E-state index contributed by atoms with van der Waals surface area (Å²) in [6.45, 7) is 4.97. The minimum atomic E-state index is -0.909. The highest BCUT2D eigenvalue weighted by molar-refractivity contribution is 5.31. The van der Waals surface area contributed by atoms with Crippen molar-refractivity contribution in [2.24, 2.45) is 0 Å². The molecule has 1 aromatic carbocycles. The third-order valence-electron chi connectivity index (χ3n) is 4.20. The van der Waals surface area contributed by atoms with Crippen LogP contribution < -0.4 is 4.74 Å². The lowest BCUT2D eigenvalue weighted by atomic mass is 9.90. The normalized spacial score (nSPS) is 22.6. The number of aliphatic hydroxyl groups is 1. The monoisotopic (exact) mass is 302 g/mol. The fourth-order valence-corrected chi connectivity index (χ4v) is 2.95. The van der Waals surface area contributed by atoms with Crippen LogP contribution >= 0.6 is 0 Å². The maximum Gasteiger partial charge on any atom is 0.123 e. The Balaban J connectivity index is 1.54. The van der Waals surface area contributed by atoms with Crippen LogP contribution in [0.5, 0.6) is 5.75 Å². The second kappa shape index (κ2) is 6.46. The second-order valence-corrected chi connectivity index (χ2v) is 5.88. The summed E-state index contributed by atoms with van der Waals surface area (Å²) in [4.78, 5) is 2.22. The molecule has 6 heteroatoms. The van der Waals surface area contributed by atoms with E-state index in [1.807, 2.05) is 31.2 Å². The van der Waals surface area contributed by atoms with E-state index in [0.717, 1.165) is 30.8 Å². The third-order valence-corrected chi connectivity index (χ3v) is 4.20. The van der Waals surface area contributed by atoms with E-state index in [4.69, 9.17) is 4.74 Å². The lowest BCUT2D eigenvalue weighted by Gasteiger charge is -2.37. The van der Waals surface area contributed by atoms with Gasteiger partial charge in [-0.3, -0.25) is 4.90 Å². The van der Waals surface area contributed by atoms with Gasteiger partial charge in [-0.15, -0.1) is 0 Å². The molecular weight excluding hydrogens is 280 g/mol. The fraction of sp³-hybridized carbons (Fsp3) is 0.500. The number of nitrogens with zero attached hydrogens (tertiary/aromatic N) is 3. The molecule has 0 bridgehead atoms. The Labute approximate surface area is 130 Å². The van der Waals surface area contributed by atoms with E-state index in [-0.39, 0.29) is 0 Å². The smallest absolute Gasteiger partial charge is 0.123 e. The number of hydrogen-bond donors (Lipinski definition) is 2. The zero-order valence-electron chi connectivity index (χ0n) is 12.8. The van der Waals surface area contributed by atoms with Crippen LogP contribution in [0.15, 0.2) is 30.5 Å². The molecule has 2 heterocycles. The second-order valence-electron chi connectivity index (χ2n) is 5.88. The summed E-state index contributed by atoms with van der Waals surface area (Å²) in [7, 11) is 0. The molecule has 1 fully saturated rings. The number of para-hydroxylation sites is 1. The first-order valence-corrected chi connectivity index (χ1v) is 7.67. The minimum Gasteiger partial charge on any atom is -0.492 e. The predicted molar refractivity (Wildman–Crippen MR) is 82.6 cm³/mol. The van der Waals surface area contributed by atoms with Crippen LogP contribution in [-0.4, -0.2) is 51.7 Å². The minimum absolute atomic E-state index is 0.566. The Morgan fingerprint density at radius 3 is 3.05 bits per heavy atom. The van der Waals surface area contributed by atoms with Gasteiger partial charge in [0.1, 0.15) is 23.7 Å². The summed E-state index contributed by atoms with van der Waals surface area (Å²) in [6, 6.07) is 8.01. The highest BCUT2D eigenvalue weighted by atomic mass is 16.5. The van der Waals surface area contributed by atoms with Crippen molar-refractivity contribution < 1.29 is 9.84 Å². The maximum absolute atomic E-state index is 10.8. The van der Waals surface area contributed by atoms with Gasteiger partial charge in [-0.2, -0.15) is 15.4 Å². The van der Waals surface area contributed by atoms with E-state index in [1.165, 1.54) is 0 Å². The largest absolute Gasteiger partial charge is 0.492 e. The zero-order valence-corrected chi connectivity index (χ0v) is 12.8. The maximum atomic E-state index is 10.8. The van der Waals surface area contributed by atoms with Crippen LogP contribution in [0.2, 0.25) is 0 Å². The number of rotatable bonds is 5. The van der Waals surface area contributed by atoms with Gasteiger partial charge < -0.3 is 9.84 Å². The van der Waals surface area contributed by atoms with Crippen molar-refractivity contribution in [3.8, 4) is 5.75 Å². The number of β-amino-alcohol motifs (C(OH)–C–C–N with tert-alkyl or cyclic N) is 1. The van der Waals surface area contributed by atoms with Crippen molar-refractivity contribution in [1.82, 2.24) is 20.3 Å². The quantitative estimate of drug-likeness (QED) is 0.875. The Morgan fingerprint density at radius 1 is 1.41 bits per heavy atom. The molecule has 118 valence electrons. The van der Waals surface area contributed by atoms with E-state index < -0.39 is 5.60 Å². The first-order chi connectivity index (χ1) is 10.7. The number of ether oxygens (including phenoxy) is 1. The van der Waals surface area contributed by atoms with Gasteiger partial charge in [0.25, 0.3) is 0 Å². The van der Waals surface area contributed by atoms with Crippen LogP contribution in [0.25, 0.3) is 0 Å². The number of H-pyrrole nitrogens is 1. The molecule has 3 rings (SSSR count). The first-order valence-electron chi connectivity index (χ1n) is 7.67. The number of nitrogens with one attached hydrogen (secondary N) is 1. The highest BCUT2D eigenvalue weighted by Gasteiger charge is 2.36. The molecule has 2 N–H and O–H groups in total. The Morgan fingerprint density at radius 2 is 2.27 bits per heavy atom. The number of benzene rings is 1. The molecule has 0 aliphatic carbocycles. The van der Waals surface area contributed by atoms with Crippen molar-refractivity contribution in [2.45, 2.75) is 25.4 Å². The van der Waals surface area contributed by atoms with Gasteiger partial charge in [0.2, 0.25) is 0 Å². The van der Waals surface area contributed by atoms with Crippen LogP contribution in [0, 0.1) is 6.92 Å². The average Bonchev–Trinajstić information content (AvgIpc) is 3.05. The molecule has 22 heavy (non-hydrogen) atoms. The van der Waals surface area contributed by atoms with Crippen LogP contribution in [0.1, 0.15) is 24.1 Å². The number of aromatic amines is 1. The number of aryl methyl sites for hydroxylation is 1. The van der Waals surface area contributed by atoms with Crippen molar-refractivity contribution in [2.75, 3.05) is 26.2 Å². The predicted octanol–water partition coefficient (Wildman–Crippen LogP) is 1.48. The number of likely N-dealkylation sites (tertiary alicyclic amines) is 1. The molecule has 1 aromatic heterocycles. The molecule has 0 amide bonds. The Kier molecular flexibility index (Phi) is 4.40. The zero-order chi connectivity index (χ0) is 15.4. The molecule has 6 nitrogen and oxygen atoms in total. The van der Waals surface area contributed by atoms with E-state index in [9.17, 15) is 5.11 Å². The summed E-state index contributed by atoms with van der Waals surface area (Å²) in [6.07, 6.45) is 3.26. The van der Waals surface area contributed by atoms with E-state index >= 15 is 0 Å². The highest BCUT2D eigenvalue weighted by Crippen LogP contribution is 2.29. The van der Waals surface area contributed by atoms with Crippen LogP contribution in [-0.2, 0) is 5.60 Å². The van der Waals surface area contributed by atoms with Crippen molar-refractivity contribution in [3.63, 3.8) is 0 Å². The Bertz CT molecular complexity index is 602. The molecule has 2 aromatic rings. The molecule has 1 atom stereocenters. The molecule has 1 aliphatic rings. The van der Waals surface area contributed by atoms with E-state index in [1.54, 1.807) is 6.20 Å². The topological polar surface area (TPSA) is 74.3 Å². The molecule has 1 aliphatic heterocycles. The van der Waals surface area contributed by atoms with E-state index in [2.05, 4.69) is 20.3 Å². The summed E-state index contributed by atoms with van der Waals surface area (Å²) in [5.74, 6) is 0.922. The number of hydrogen-bond acceptors (Lipinski definition) is 5. The molecular formula is C16H22N4O2. The molecule has 1 saturated heterocycles. The summed E-state index contributed by atoms with van der Waals surface area (Å²) >= 11 is 0. The summed E-state index contributed by atoms with van der Waals surface area (Å²) in [5.41, 5.74) is 0.853. The van der Waals surface area contributed by atoms with Gasteiger partial charge in [0.15, 0.2) is 0 Å². The lowest BCUT2D eigenvalue weighted by molar-refractivity contribution is -0.0412. The average molecular weight is 302 g/mol. The van der Waals surface area contributed by atoms with Crippen molar-refractivity contribution in [1.29, 1.82) is 0 Å². The van der Waals surface area contributed by atoms with Gasteiger partial charge in [-0.05, 0) is 37.9 Å². The van der Waals surface area contributed by atoms with Gasteiger partial charge in [-0.25, -0.2) is 0 Å². The van der Waals surface area contributed by atoms with E-state index in [0.29, 0.717) is 25.3 Å². The van der Waals surface area contributed by atoms with Crippen molar-refractivity contribution in [3.05, 3.63) is 41.7 Å². The van der Waals surface area contributed by atoms with Crippen LogP contribution in [0.3, 0.4) is 0 Å². The molecule has 0 radical (unpaired) electrons. The summed E-state index contributed by atoms with van der Waals surface area (Å²) < 4.78 is 5.84. The lowest BCUT2D eigenvalue weighted by Crippen LogP contribution is -2.47. The Hall–Kier alpha value is -1.92. The van der Waals surface area contributed by atoms with Gasteiger partial charge in [0, 0.05) is 13.1 Å². The van der Waals surface area contributed by atoms with Gasteiger partial charge >= 0.3 is 0 Å². The number of aromatic nitrogens is 3. The standard InChI is InChI=1S/C16H22N4O2/c1-13-5-2-3-6-14(13)22-10-9-20-8-4-7-16(21,12-20)15-11-17-19-18-15/h2-3,5-6,11,21H,4,7-10,12H2,1H3,(H,17,18,19)/t16-/m1/s1. The first kappa shape index (κ1) is 15.0. The van der Waals surface area contributed by atoms with Gasteiger partial charge in [0.05, 0.1) is 6.20 Å². The third kappa shape index (κ3) is 3.28.